The van der Waals surface area contributed by atoms with Crippen LogP contribution in [0.5, 0.6) is 5.75 Å². The van der Waals surface area contributed by atoms with Crippen LogP contribution in [0.3, 0.4) is 0 Å². The second kappa shape index (κ2) is 8.33. The summed E-state index contributed by atoms with van der Waals surface area (Å²) in [5, 5.41) is 25.4. The van der Waals surface area contributed by atoms with Crippen LogP contribution in [0, 0.1) is 17.1 Å². The molecule has 0 unspecified atom stereocenters. The maximum atomic E-state index is 12.5. The minimum absolute atomic E-state index is 0.0451. The Hall–Kier alpha value is -2.87. The smallest absolute Gasteiger partial charge is 0.303 e. The number of carboxylic acid groups (broad SMARTS) is 1. The van der Waals surface area contributed by atoms with Crippen LogP contribution >= 0.6 is 0 Å². The topological polar surface area (TPSA) is 81.3 Å². The summed E-state index contributed by atoms with van der Waals surface area (Å²) < 4.78 is 12.5. The van der Waals surface area contributed by atoms with E-state index >= 15 is 0 Å². The fourth-order valence-corrected chi connectivity index (χ4v) is 1.52. The van der Waals surface area contributed by atoms with Gasteiger partial charge in [0.2, 0.25) is 0 Å². The van der Waals surface area contributed by atoms with Gasteiger partial charge in [0, 0.05) is 6.42 Å². The van der Waals surface area contributed by atoms with E-state index < -0.39 is 5.97 Å². The van der Waals surface area contributed by atoms with Crippen molar-refractivity contribution in [2.75, 3.05) is 0 Å². The molecule has 5 heteroatoms. The van der Waals surface area contributed by atoms with Crippen molar-refractivity contribution in [3.8, 4) is 11.8 Å². The molecule has 2 aromatic rings. The summed E-state index contributed by atoms with van der Waals surface area (Å²) in [6.45, 7) is 0. The highest BCUT2D eigenvalue weighted by Crippen LogP contribution is 2.08. The number of hydrogen-bond acceptors (Lipinski definition) is 3. The first kappa shape index (κ1) is 16.2. The molecule has 0 fully saturated rings. The molecule has 0 aliphatic heterocycles. The van der Waals surface area contributed by atoms with Gasteiger partial charge in [0.15, 0.2) is 0 Å². The highest BCUT2D eigenvalue weighted by atomic mass is 19.1. The van der Waals surface area contributed by atoms with Gasteiger partial charge in [-0.15, -0.1) is 0 Å². The molecule has 2 N–H and O–H groups in total. The van der Waals surface area contributed by atoms with E-state index in [9.17, 15) is 9.18 Å². The molecule has 2 rings (SSSR count). The fourth-order valence-electron chi connectivity index (χ4n) is 1.52. The van der Waals surface area contributed by atoms with Crippen LogP contribution in [0.1, 0.15) is 17.5 Å². The Balaban J connectivity index is 0.000000219. The third-order valence-corrected chi connectivity index (χ3v) is 2.49. The first-order valence-corrected chi connectivity index (χ1v) is 6.16. The number of phenols is 1. The SMILES string of the molecule is N#Cc1cccc(O)c1.O=C(O)CCc1cccc(F)c1. The summed E-state index contributed by atoms with van der Waals surface area (Å²) >= 11 is 0. The molecule has 0 aliphatic rings. The number of nitriles is 1. The number of carboxylic acids is 1. The molecule has 0 aromatic heterocycles. The van der Waals surface area contributed by atoms with Gasteiger partial charge < -0.3 is 10.2 Å². The maximum Gasteiger partial charge on any atom is 0.303 e. The van der Waals surface area contributed by atoms with Crippen LogP contribution in [0.2, 0.25) is 0 Å². The van der Waals surface area contributed by atoms with Crippen molar-refractivity contribution in [3.63, 3.8) is 0 Å². The van der Waals surface area contributed by atoms with Crippen LogP contribution in [0.15, 0.2) is 48.5 Å². The van der Waals surface area contributed by atoms with Gasteiger partial charge in [-0.1, -0.05) is 18.2 Å². The van der Waals surface area contributed by atoms with E-state index in [1.54, 1.807) is 24.3 Å². The highest BCUT2D eigenvalue weighted by Gasteiger charge is 1.99. The second-order valence-corrected chi connectivity index (χ2v) is 4.19. The lowest BCUT2D eigenvalue weighted by atomic mass is 10.1. The van der Waals surface area contributed by atoms with Crippen molar-refractivity contribution in [3.05, 3.63) is 65.5 Å². The molecule has 21 heavy (non-hydrogen) atoms. The maximum absolute atomic E-state index is 12.5. The van der Waals surface area contributed by atoms with Crippen LogP contribution in [0.25, 0.3) is 0 Å². The number of aliphatic carboxylic acids is 1. The molecule has 0 bridgehead atoms. The Kier molecular flexibility index (Phi) is 6.42. The van der Waals surface area contributed by atoms with Crippen molar-refractivity contribution in [1.82, 2.24) is 0 Å². The molecule has 0 aliphatic carbocycles. The fraction of sp³-hybridized carbons (Fsp3) is 0.125. The summed E-state index contributed by atoms with van der Waals surface area (Å²) in [6, 6.07) is 14.1. The lowest BCUT2D eigenvalue weighted by Gasteiger charge is -1.97. The van der Waals surface area contributed by atoms with E-state index in [-0.39, 0.29) is 18.0 Å². The number of benzene rings is 2. The Bertz CT molecular complexity index is 650. The third kappa shape index (κ3) is 6.73. The number of halogens is 1. The molecule has 0 amide bonds. The summed E-state index contributed by atoms with van der Waals surface area (Å²) in [6.07, 6.45) is 0.427. The van der Waals surface area contributed by atoms with Gasteiger partial charge in [0.25, 0.3) is 0 Å². The molecule has 0 saturated carbocycles. The van der Waals surface area contributed by atoms with Crippen molar-refractivity contribution in [1.29, 1.82) is 5.26 Å². The number of rotatable bonds is 3. The van der Waals surface area contributed by atoms with Gasteiger partial charge in [-0.05, 0) is 42.3 Å². The number of carbonyl (C=O) groups is 1. The van der Waals surface area contributed by atoms with Gasteiger partial charge in [0.1, 0.15) is 11.6 Å². The molecular formula is C16H14FNO3. The lowest BCUT2D eigenvalue weighted by molar-refractivity contribution is -0.136. The van der Waals surface area contributed by atoms with E-state index in [0.717, 1.165) is 5.56 Å². The summed E-state index contributed by atoms with van der Waals surface area (Å²) in [5.74, 6) is -1.05. The number of aryl methyl sites for hydroxylation is 1. The van der Waals surface area contributed by atoms with Crippen molar-refractivity contribution in [2.45, 2.75) is 12.8 Å². The Morgan fingerprint density at radius 2 is 1.90 bits per heavy atom. The standard InChI is InChI=1S/C9H9FO2.C7H5NO/c10-8-3-1-2-7(6-8)4-5-9(11)12;8-5-6-2-1-3-7(9)4-6/h1-3,6H,4-5H2,(H,11,12);1-4,9H. The van der Waals surface area contributed by atoms with Crippen LogP contribution in [-0.2, 0) is 11.2 Å². The Labute approximate surface area is 121 Å². The number of phenolic OH excluding ortho intramolecular Hbond substituents is 1. The predicted octanol–water partition coefficient (Wildman–Crippen LogP) is 3.11. The van der Waals surface area contributed by atoms with Crippen LogP contribution < -0.4 is 0 Å². The van der Waals surface area contributed by atoms with E-state index in [0.29, 0.717) is 12.0 Å². The van der Waals surface area contributed by atoms with Crippen molar-refractivity contribution >= 4 is 5.97 Å². The van der Waals surface area contributed by atoms with Gasteiger partial charge >= 0.3 is 5.97 Å². The summed E-state index contributed by atoms with van der Waals surface area (Å²) in [5.41, 5.74) is 1.20. The first-order chi connectivity index (χ1) is 10.0. The second-order valence-electron chi connectivity index (χ2n) is 4.19. The normalized spacial score (nSPS) is 9.14. The zero-order valence-electron chi connectivity index (χ0n) is 11.2. The van der Waals surface area contributed by atoms with Crippen LogP contribution in [0.4, 0.5) is 4.39 Å². The van der Waals surface area contributed by atoms with Gasteiger partial charge in [-0.25, -0.2) is 4.39 Å². The lowest BCUT2D eigenvalue weighted by Crippen LogP contribution is -1.97. The minimum Gasteiger partial charge on any atom is -0.508 e. The van der Waals surface area contributed by atoms with Crippen molar-refractivity contribution < 1.29 is 19.4 Å². The summed E-state index contributed by atoms with van der Waals surface area (Å²) in [4.78, 5) is 10.2. The minimum atomic E-state index is -0.862. The molecule has 0 heterocycles. The Morgan fingerprint density at radius 1 is 1.19 bits per heavy atom. The van der Waals surface area contributed by atoms with Gasteiger partial charge in [0.05, 0.1) is 11.6 Å². The average Bonchev–Trinajstić information content (AvgIpc) is 2.46. The molecule has 0 saturated heterocycles. The van der Waals surface area contributed by atoms with E-state index in [4.69, 9.17) is 15.5 Å². The van der Waals surface area contributed by atoms with E-state index in [2.05, 4.69) is 0 Å². The molecule has 2 aromatic carbocycles. The molecule has 0 spiro atoms. The largest absolute Gasteiger partial charge is 0.508 e. The quantitative estimate of drug-likeness (QED) is 0.908. The highest BCUT2D eigenvalue weighted by molar-refractivity contribution is 5.67. The third-order valence-electron chi connectivity index (χ3n) is 2.49. The van der Waals surface area contributed by atoms with Gasteiger partial charge in [-0.2, -0.15) is 5.26 Å². The van der Waals surface area contributed by atoms with E-state index in [1.807, 2.05) is 6.07 Å². The predicted molar refractivity (Wildman–Crippen MR) is 75.2 cm³/mol. The first-order valence-electron chi connectivity index (χ1n) is 6.16. The summed E-state index contributed by atoms with van der Waals surface area (Å²) in [7, 11) is 0. The van der Waals surface area contributed by atoms with Crippen molar-refractivity contribution in [2.24, 2.45) is 0 Å². The monoisotopic (exact) mass is 287 g/mol. The molecule has 4 nitrogen and oxygen atoms in total. The Morgan fingerprint density at radius 3 is 2.43 bits per heavy atom. The average molecular weight is 287 g/mol. The van der Waals surface area contributed by atoms with Gasteiger partial charge in [-0.3, -0.25) is 4.79 Å². The number of aromatic hydroxyl groups is 1. The van der Waals surface area contributed by atoms with Crippen LogP contribution in [-0.4, -0.2) is 16.2 Å². The molecular weight excluding hydrogens is 273 g/mol. The molecule has 0 radical (unpaired) electrons. The zero-order valence-corrected chi connectivity index (χ0v) is 11.2. The zero-order chi connectivity index (χ0) is 15.7. The molecule has 108 valence electrons. The molecule has 0 atom stereocenters. The van der Waals surface area contributed by atoms with E-state index in [1.165, 1.54) is 24.3 Å². The number of hydrogen-bond donors (Lipinski definition) is 2. The number of nitrogens with zero attached hydrogens (tertiary/aromatic N) is 1.